The molecule has 0 aromatic heterocycles. The van der Waals surface area contributed by atoms with Crippen LogP contribution in [0.1, 0.15) is 221 Å². The SMILES string of the molecule is CCCCCCCCCCCCCCCC(OC(CCCCCCCCCCCCCCC)C(C)C)C(C)C. The van der Waals surface area contributed by atoms with Crippen molar-refractivity contribution < 1.29 is 4.74 Å². The van der Waals surface area contributed by atoms with Crippen LogP contribution in [0.15, 0.2) is 0 Å². The molecule has 1 heteroatoms. The number of hydrogen-bond donors (Lipinski definition) is 0. The van der Waals surface area contributed by atoms with Crippen molar-refractivity contribution in [2.45, 2.75) is 234 Å². The van der Waals surface area contributed by atoms with Crippen molar-refractivity contribution in [2.75, 3.05) is 0 Å². The third-order valence-corrected chi connectivity index (χ3v) is 9.02. The third-order valence-electron chi connectivity index (χ3n) is 9.02. The number of rotatable bonds is 32. The largest absolute Gasteiger partial charge is 0.374 e. The van der Waals surface area contributed by atoms with Crippen molar-refractivity contribution in [2.24, 2.45) is 11.8 Å². The fraction of sp³-hybridized carbons (Fsp3) is 1.00. The van der Waals surface area contributed by atoms with Crippen LogP contribution in [0.5, 0.6) is 0 Å². The average molecular weight is 551 g/mol. The van der Waals surface area contributed by atoms with E-state index in [9.17, 15) is 0 Å². The molecule has 0 radical (unpaired) electrons. The summed E-state index contributed by atoms with van der Waals surface area (Å²) in [6.45, 7) is 14.1. The summed E-state index contributed by atoms with van der Waals surface area (Å²) in [6.07, 6.45) is 40.7. The van der Waals surface area contributed by atoms with Crippen LogP contribution in [-0.4, -0.2) is 12.2 Å². The summed E-state index contributed by atoms with van der Waals surface area (Å²) in [5.74, 6) is 1.27. The normalized spacial score (nSPS) is 13.5. The standard InChI is InChI=1S/C38H78O/c1-7-9-11-13-15-17-19-21-23-25-27-29-31-33-37(35(3)4)39-38(36(5)6)34-32-30-28-26-24-22-20-18-16-14-12-10-8-2/h35-38H,7-34H2,1-6H3. The van der Waals surface area contributed by atoms with Gasteiger partial charge in [0, 0.05) is 0 Å². The molecule has 0 aromatic carbocycles. The highest BCUT2D eigenvalue weighted by atomic mass is 16.5. The molecular weight excluding hydrogens is 472 g/mol. The Morgan fingerprint density at radius 1 is 0.308 bits per heavy atom. The first kappa shape index (κ1) is 39.0. The highest BCUT2D eigenvalue weighted by molar-refractivity contribution is 4.70. The van der Waals surface area contributed by atoms with Gasteiger partial charge in [-0.2, -0.15) is 0 Å². The minimum Gasteiger partial charge on any atom is -0.374 e. The Morgan fingerprint density at radius 3 is 0.718 bits per heavy atom. The lowest BCUT2D eigenvalue weighted by molar-refractivity contribution is -0.0650. The van der Waals surface area contributed by atoms with Gasteiger partial charge < -0.3 is 4.74 Å². The summed E-state index contributed by atoms with van der Waals surface area (Å²) in [5, 5.41) is 0. The maximum Gasteiger partial charge on any atom is 0.0601 e. The number of hydrogen-bond acceptors (Lipinski definition) is 1. The Bertz CT molecular complexity index is 402. The molecule has 0 rings (SSSR count). The van der Waals surface area contributed by atoms with E-state index in [1.807, 2.05) is 0 Å². The van der Waals surface area contributed by atoms with Gasteiger partial charge in [-0.25, -0.2) is 0 Å². The first-order valence-electron chi connectivity index (χ1n) is 18.7. The van der Waals surface area contributed by atoms with Gasteiger partial charge in [-0.3, -0.25) is 0 Å². The lowest BCUT2D eigenvalue weighted by Crippen LogP contribution is -2.30. The Morgan fingerprint density at radius 2 is 0.513 bits per heavy atom. The second-order valence-corrected chi connectivity index (χ2v) is 13.8. The van der Waals surface area contributed by atoms with E-state index in [-0.39, 0.29) is 0 Å². The molecule has 0 N–H and O–H groups in total. The van der Waals surface area contributed by atoms with Gasteiger partial charge in [0.1, 0.15) is 0 Å². The minimum atomic E-state index is 0.451. The highest BCUT2D eigenvalue weighted by Crippen LogP contribution is 2.24. The van der Waals surface area contributed by atoms with E-state index in [1.54, 1.807) is 0 Å². The van der Waals surface area contributed by atoms with Crippen LogP contribution in [0.4, 0.5) is 0 Å². The molecule has 0 saturated heterocycles. The molecular formula is C38H78O. The van der Waals surface area contributed by atoms with Crippen molar-refractivity contribution >= 4 is 0 Å². The van der Waals surface area contributed by atoms with Gasteiger partial charge in [0.15, 0.2) is 0 Å². The van der Waals surface area contributed by atoms with Gasteiger partial charge >= 0.3 is 0 Å². The molecule has 0 heterocycles. The zero-order valence-electron chi connectivity index (χ0n) is 28.5. The average Bonchev–Trinajstić information content (AvgIpc) is 2.91. The van der Waals surface area contributed by atoms with Crippen LogP contribution in [0.2, 0.25) is 0 Å². The summed E-state index contributed by atoms with van der Waals surface area (Å²) in [7, 11) is 0. The molecule has 0 aliphatic carbocycles. The molecule has 0 spiro atoms. The summed E-state index contributed by atoms with van der Waals surface area (Å²) < 4.78 is 6.79. The summed E-state index contributed by atoms with van der Waals surface area (Å²) in [5.41, 5.74) is 0. The molecule has 0 aliphatic heterocycles. The van der Waals surface area contributed by atoms with E-state index in [0.29, 0.717) is 24.0 Å². The maximum atomic E-state index is 6.79. The van der Waals surface area contributed by atoms with Crippen LogP contribution >= 0.6 is 0 Å². The van der Waals surface area contributed by atoms with E-state index in [4.69, 9.17) is 4.74 Å². The molecule has 236 valence electrons. The Balaban J connectivity index is 3.80. The topological polar surface area (TPSA) is 9.23 Å². The fourth-order valence-electron chi connectivity index (χ4n) is 6.07. The smallest absolute Gasteiger partial charge is 0.0601 e. The van der Waals surface area contributed by atoms with Gasteiger partial charge in [0.2, 0.25) is 0 Å². The van der Waals surface area contributed by atoms with E-state index < -0.39 is 0 Å². The molecule has 2 atom stereocenters. The van der Waals surface area contributed by atoms with Gasteiger partial charge in [0.05, 0.1) is 12.2 Å². The van der Waals surface area contributed by atoms with Crippen molar-refractivity contribution in [3.8, 4) is 0 Å². The molecule has 1 nitrogen and oxygen atoms in total. The summed E-state index contributed by atoms with van der Waals surface area (Å²) in [6, 6.07) is 0. The van der Waals surface area contributed by atoms with E-state index >= 15 is 0 Å². The monoisotopic (exact) mass is 551 g/mol. The molecule has 2 unspecified atom stereocenters. The van der Waals surface area contributed by atoms with Crippen molar-refractivity contribution in [3.63, 3.8) is 0 Å². The molecule has 0 bridgehead atoms. The fourth-order valence-corrected chi connectivity index (χ4v) is 6.07. The van der Waals surface area contributed by atoms with Gasteiger partial charge in [-0.1, -0.05) is 208 Å². The first-order valence-corrected chi connectivity index (χ1v) is 18.7. The molecule has 0 amide bonds. The number of ether oxygens (including phenoxy) is 1. The predicted molar refractivity (Wildman–Crippen MR) is 179 cm³/mol. The van der Waals surface area contributed by atoms with Crippen LogP contribution in [0.25, 0.3) is 0 Å². The van der Waals surface area contributed by atoms with E-state index in [1.165, 1.54) is 180 Å². The number of unbranched alkanes of at least 4 members (excludes halogenated alkanes) is 24. The third kappa shape index (κ3) is 27.9. The second kappa shape index (κ2) is 30.9. The van der Waals surface area contributed by atoms with Gasteiger partial charge in [-0.15, -0.1) is 0 Å². The molecule has 0 fully saturated rings. The van der Waals surface area contributed by atoms with Crippen molar-refractivity contribution in [3.05, 3.63) is 0 Å². The molecule has 39 heavy (non-hydrogen) atoms. The minimum absolute atomic E-state index is 0.451. The lowest BCUT2D eigenvalue weighted by atomic mass is 9.96. The zero-order valence-corrected chi connectivity index (χ0v) is 28.5. The molecule has 0 aromatic rings. The summed E-state index contributed by atoms with van der Waals surface area (Å²) >= 11 is 0. The second-order valence-electron chi connectivity index (χ2n) is 13.8. The van der Waals surface area contributed by atoms with Gasteiger partial charge in [0.25, 0.3) is 0 Å². The van der Waals surface area contributed by atoms with Crippen LogP contribution in [0.3, 0.4) is 0 Å². The molecule has 0 saturated carbocycles. The Labute approximate surface area is 249 Å². The highest BCUT2D eigenvalue weighted by Gasteiger charge is 2.21. The summed E-state index contributed by atoms with van der Waals surface area (Å²) in [4.78, 5) is 0. The van der Waals surface area contributed by atoms with E-state index in [2.05, 4.69) is 41.5 Å². The van der Waals surface area contributed by atoms with Crippen LogP contribution in [-0.2, 0) is 4.74 Å². The zero-order chi connectivity index (χ0) is 28.8. The van der Waals surface area contributed by atoms with Crippen molar-refractivity contribution in [1.82, 2.24) is 0 Å². The quantitative estimate of drug-likeness (QED) is 0.0757. The van der Waals surface area contributed by atoms with E-state index in [0.717, 1.165) is 0 Å². The van der Waals surface area contributed by atoms with Crippen LogP contribution < -0.4 is 0 Å². The molecule has 0 aliphatic rings. The predicted octanol–water partition coefficient (Wildman–Crippen LogP) is 14.0. The van der Waals surface area contributed by atoms with Crippen LogP contribution in [0, 0.1) is 11.8 Å². The first-order chi connectivity index (χ1) is 19.0. The maximum absolute atomic E-state index is 6.79. The lowest BCUT2D eigenvalue weighted by Gasteiger charge is -2.30. The Kier molecular flexibility index (Phi) is 30.9. The van der Waals surface area contributed by atoms with Crippen molar-refractivity contribution in [1.29, 1.82) is 0 Å². The Hall–Kier alpha value is -0.0400. The van der Waals surface area contributed by atoms with Gasteiger partial charge in [-0.05, 0) is 24.7 Å².